The monoisotopic (exact) mass is 278 g/mol. The molecule has 0 atom stereocenters. The third-order valence-corrected chi connectivity index (χ3v) is 3.58. The predicted octanol–water partition coefficient (Wildman–Crippen LogP) is 3.05. The molecule has 0 aliphatic heterocycles. The number of carbonyl (C=O) groups excluding carboxylic acids is 1. The Kier molecular flexibility index (Phi) is 3.65. The Morgan fingerprint density at radius 2 is 2.14 bits per heavy atom. The molecule has 0 radical (unpaired) electrons. The average Bonchev–Trinajstić information content (AvgIpc) is 2.54. The summed E-state index contributed by atoms with van der Waals surface area (Å²) in [5.74, 6) is 0.872. The molecular weight excluding hydrogens is 264 g/mol. The maximum absolute atomic E-state index is 11.9. The molecule has 0 amide bonds. The molecule has 0 fully saturated rings. The van der Waals surface area contributed by atoms with E-state index in [1.54, 1.807) is 12.3 Å². The summed E-state index contributed by atoms with van der Waals surface area (Å²) in [5.41, 5.74) is 3.14. The van der Waals surface area contributed by atoms with Gasteiger partial charge in [0.05, 0.1) is 0 Å². The number of ether oxygens (including phenoxy) is 1. The van der Waals surface area contributed by atoms with Gasteiger partial charge in [-0.15, -0.1) is 0 Å². The number of pyridine rings is 1. The first-order valence-corrected chi connectivity index (χ1v) is 6.90. The first kappa shape index (κ1) is 13.3. The van der Waals surface area contributed by atoms with Gasteiger partial charge in [-0.3, -0.25) is 4.79 Å². The van der Waals surface area contributed by atoms with Crippen molar-refractivity contribution in [3.8, 4) is 11.8 Å². The van der Waals surface area contributed by atoms with Gasteiger partial charge in [0.15, 0.2) is 5.78 Å². The van der Waals surface area contributed by atoms with Gasteiger partial charge in [0.2, 0.25) is 0 Å². The summed E-state index contributed by atoms with van der Waals surface area (Å²) in [7, 11) is 0. The molecule has 0 unspecified atom stereocenters. The van der Waals surface area contributed by atoms with E-state index in [4.69, 9.17) is 10.00 Å². The molecule has 1 heterocycles. The molecule has 104 valence electrons. The van der Waals surface area contributed by atoms with Crippen molar-refractivity contribution in [3.63, 3.8) is 0 Å². The maximum Gasteiger partial charge on any atom is 0.163 e. The molecule has 4 heteroatoms. The average molecular weight is 278 g/mol. The van der Waals surface area contributed by atoms with E-state index < -0.39 is 0 Å². The predicted molar refractivity (Wildman–Crippen MR) is 77.0 cm³/mol. The van der Waals surface area contributed by atoms with Crippen molar-refractivity contribution >= 4 is 5.78 Å². The highest BCUT2D eigenvalue weighted by molar-refractivity contribution is 5.98. The SMILES string of the molecule is N#Cc1cc(COc2ccc3c(c2)C(=O)CCC3)ccn1. The van der Waals surface area contributed by atoms with Gasteiger partial charge in [-0.2, -0.15) is 5.26 Å². The summed E-state index contributed by atoms with van der Waals surface area (Å²) in [4.78, 5) is 15.8. The number of fused-ring (bicyclic) bond motifs is 1. The van der Waals surface area contributed by atoms with E-state index in [0.717, 1.165) is 29.5 Å². The van der Waals surface area contributed by atoms with Gasteiger partial charge in [0, 0.05) is 18.2 Å². The third kappa shape index (κ3) is 2.92. The highest BCUT2D eigenvalue weighted by atomic mass is 16.5. The number of rotatable bonds is 3. The van der Waals surface area contributed by atoms with Crippen LogP contribution in [0, 0.1) is 11.3 Å². The lowest BCUT2D eigenvalue weighted by molar-refractivity contribution is 0.0972. The third-order valence-electron chi connectivity index (χ3n) is 3.58. The zero-order valence-corrected chi connectivity index (χ0v) is 11.5. The molecule has 21 heavy (non-hydrogen) atoms. The van der Waals surface area contributed by atoms with E-state index in [0.29, 0.717) is 24.5 Å². The zero-order valence-electron chi connectivity index (χ0n) is 11.5. The standard InChI is InChI=1S/C17H14N2O2/c18-10-14-8-12(6-7-19-14)11-21-15-5-4-13-2-1-3-17(20)16(13)9-15/h4-9H,1-3,11H2. The van der Waals surface area contributed by atoms with Crippen LogP contribution >= 0.6 is 0 Å². The number of hydrogen-bond donors (Lipinski definition) is 0. The van der Waals surface area contributed by atoms with Gasteiger partial charge >= 0.3 is 0 Å². The molecule has 2 aromatic rings. The summed E-state index contributed by atoms with van der Waals surface area (Å²) in [5, 5.41) is 8.82. The molecule has 1 aromatic carbocycles. The van der Waals surface area contributed by atoms with Crippen LogP contribution in [0.25, 0.3) is 0 Å². The Morgan fingerprint density at radius 3 is 3.00 bits per heavy atom. The molecule has 0 saturated heterocycles. The quantitative estimate of drug-likeness (QED) is 0.865. The molecular formula is C17H14N2O2. The van der Waals surface area contributed by atoms with Crippen molar-refractivity contribution in [2.24, 2.45) is 0 Å². The van der Waals surface area contributed by atoms with Crippen LogP contribution in [-0.2, 0) is 13.0 Å². The number of nitrogens with zero attached hydrogens (tertiary/aromatic N) is 2. The molecule has 0 bridgehead atoms. The van der Waals surface area contributed by atoms with Crippen molar-refractivity contribution in [2.45, 2.75) is 25.9 Å². The van der Waals surface area contributed by atoms with Gasteiger partial charge in [-0.25, -0.2) is 4.98 Å². The van der Waals surface area contributed by atoms with Gasteiger partial charge in [-0.05, 0) is 48.2 Å². The Morgan fingerprint density at radius 1 is 1.24 bits per heavy atom. The first-order valence-electron chi connectivity index (χ1n) is 6.90. The number of Topliss-reactive ketones (excluding diaryl/α,β-unsaturated/α-hetero) is 1. The molecule has 4 nitrogen and oxygen atoms in total. The minimum absolute atomic E-state index is 0.192. The van der Waals surface area contributed by atoms with Crippen molar-refractivity contribution < 1.29 is 9.53 Å². The first-order chi connectivity index (χ1) is 10.3. The summed E-state index contributed by atoms with van der Waals surface area (Å²) < 4.78 is 5.72. The number of ketones is 1. The fraction of sp³-hybridized carbons (Fsp3) is 0.235. The largest absolute Gasteiger partial charge is 0.489 e. The summed E-state index contributed by atoms with van der Waals surface area (Å²) in [6.07, 6.45) is 4.09. The Balaban J connectivity index is 1.75. The van der Waals surface area contributed by atoms with Crippen LogP contribution in [0.4, 0.5) is 0 Å². The molecule has 0 N–H and O–H groups in total. The smallest absolute Gasteiger partial charge is 0.163 e. The second kappa shape index (κ2) is 5.76. The van der Waals surface area contributed by atoms with Crippen molar-refractivity contribution in [1.82, 2.24) is 4.98 Å². The summed E-state index contributed by atoms with van der Waals surface area (Å²) in [6, 6.07) is 11.2. The van der Waals surface area contributed by atoms with E-state index in [-0.39, 0.29) is 5.78 Å². The second-order valence-corrected chi connectivity index (χ2v) is 5.05. The Hall–Kier alpha value is -2.67. The van der Waals surface area contributed by atoms with Crippen LogP contribution in [0.15, 0.2) is 36.5 Å². The minimum Gasteiger partial charge on any atom is -0.489 e. The van der Waals surface area contributed by atoms with E-state index in [9.17, 15) is 4.79 Å². The minimum atomic E-state index is 0.192. The maximum atomic E-state index is 11.9. The number of aryl methyl sites for hydroxylation is 1. The number of benzene rings is 1. The van der Waals surface area contributed by atoms with Gasteiger partial charge < -0.3 is 4.74 Å². The number of hydrogen-bond acceptors (Lipinski definition) is 4. The molecule has 1 aliphatic rings. The molecule has 3 rings (SSSR count). The van der Waals surface area contributed by atoms with E-state index in [1.165, 1.54) is 0 Å². The lowest BCUT2D eigenvalue weighted by Gasteiger charge is -2.16. The van der Waals surface area contributed by atoms with Gasteiger partial charge in [-0.1, -0.05) is 6.07 Å². The van der Waals surface area contributed by atoms with Crippen molar-refractivity contribution in [1.29, 1.82) is 5.26 Å². The Labute approximate surface area is 123 Å². The number of nitriles is 1. The molecule has 0 spiro atoms. The fourth-order valence-corrected chi connectivity index (χ4v) is 2.49. The lowest BCUT2D eigenvalue weighted by Crippen LogP contribution is -2.10. The van der Waals surface area contributed by atoms with Crippen LogP contribution in [0.3, 0.4) is 0 Å². The molecule has 1 aromatic heterocycles. The highest BCUT2D eigenvalue weighted by Gasteiger charge is 2.17. The zero-order chi connectivity index (χ0) is 14.7. The molecule has 0 saturated carbocycles. The summed E-state index contributed by atoms with van der Waals surface area (Å²) >= 11 is 0. The van der Waals surface area contributed by atoms with Gasteiger partial charge in [0.25, 0.3) is 0 Å². The second-order valence-electron chi connectivity index (χ2n) is 5.05. The van der Waals surface area contributed by atoms with Gasteiger partial charge in [0.1, 0.15) is 24.1 Å². The lowest BCUT2D eigenvalue weighted by atomic mass is 9.90. The van der Waals surface area contributed by atoms with Crippen molar-refractivity contribution in [3.05, 3.63) is 58.9 Å². The van der Waals surface area contributed by atoms with E-state index in [1.807, 2.05) is 30.3 Å². The van der Waals surface area contributed by atoms with Crippen LogP contribution in [0.2, 0.25) is 0 Å². The summed E-state index contributed by atoms with van der Waals surface area (Å²) in [6.45, 7) is 0.351. The fourth-order valence-electron chi connectivity index (χ4n) is 2.49. The molecule has 1 aliphatic carbocycles. The number of aromatic nitrogens is 1. The van der Waals surface area contributed by atoms with E-state index in [2.05, 4.69) is 4.98 Å². The highest BCUT2D eigenvalue weighted by Crippen LogP contribution is 2.25. The van der Waals surface area contributed by atoms with Crippen LogP contribution in [-0.4, -0.2) is 10.8 Å². The van der Waals surface area contributed by atoms with Crippen LogP contribution in [0.1, 0.15) is 40.0 Å². The Bertz CT molecular complexity index is 732. The van der Waals surface area contributed by atoms with Crippen LogP contribution < -0.4 is 4.74 Å². The topological polar surface area (TPSA) is 63.0 Å². The van der Waals surface area contributed by atoms with E-state index >= 15 is 0 Å². The van der Waals surface area contributed by atoms with Crippen LogP contribution in [0.5, 0.6) is 5.75 Å². The van der Waals surface area contributed by atoms with Crippen molar-refractivity contribution in [2.75, 3.05) is 0 Å². The normalized spacial score (nSPS) is 13.4. The number of carbonyl (C=O) groups is 1.